The molecule has 7 heteroatoms. The average Bonchev–Trinajstić information content (AvgIpc) is 2.53. The van der Waals surface area contributed by atoms with Gasteiger partial charge in [0.2, 0.25) is 10.0 Å². The van der Waals surface area contributed by atoms with Crippen molar-refractivity contribution in [3.8, 4) is 0 Å². The van der Waals surface area contributed by atoms with E-state index in [0.717, 1.165) is 32.5 Å². The Balaban J connectivity index is 1.96. The number of nitrogens with zero attached hydrogens (tertiary/aromatic N) is 2. The van der Waals surface area contributed by atoms with E-state index in [9.17, 15) is 8.42 Å². The number of rotatable bonds is 6. The third-order valence-electron chi connectivity index (χ3n) is 4.01. The fourth-order valence-corrected chi connectivity index (χ4v) is 3.88. The second kappa shape index (κ2) is 7.20. The highest BCUT2D eigenvalue weighted by Gasteiger charge is 2.23. The van der Waals surface area contributed by atoms with Crippen LogP contribution in [0.2, 0.25) is 0 Å². The molecule has 1 aromatic heterocycles. The summed E-state index contributed by atoms with van der Waals surface area (Å²) in [6.07, 6.45) is 3.66. The first-order valence-electron chi connectivity index (χ1n) is 7.41. The standard InChI is InChI=1S/C14H24N4O2S/c1-3-18-9-6-12(7-10-18)11-17-21(19,20)13-5-4-8-16-14(13)15-2/h4-5,8,12,17H,3,6-7,9-11H2,1-2H3,(H,15,16). The molecule has 2 N–H and O–H groups in total. The summed E-state index contributed by atoms with van der Waals surface area (Å²) in [6.45, 7) is 5.83. The molecular weight excluding hydrogens is 288 g/mol. The van der Waals surface area contributed by atoms with Crippen molar-refractivity contribution in [2.45, 2.75) is 24.7 Å². The third-order valence-corrected chi connectivity index (χ3v) is 5.47. The maximum atomic E-state index is 12.4. The monoisotopic (exact) mass is 312 g/mol. The van der Waals surface area contributed by atoms with E-state index in [1.807, 2.05) is 0 Å². The van der Waals surface area contributed by atoms with Crippen molar-refractivity contribution in [2.75, 3.05) is 38.5 Å². The number of hydrogen-bond acceptors (Lipinski definition) is 5. The number of hydrogen-bond donors (Lipinski definition) is 2. The molecule has 0 unspecified atom stereocenters. The lowest BCUT2D eigenvalue weighted by molar-refractivity contribution is 0.194. The van der Waals surface area contributed by atoms with E-state index >= 15 is 0 Å². The van der Waals surface area contributed by atoms with Gasteiger partial charge in [0.05, 0.1) is 0 Å². The van der Waals surface area contributed by atoms with Crippen molar-refractivity contribution in [1.82, 2.24) is 14.6 Å². The van der Waals surface area contributed by atoms with Gasteiger partial charge in [-0.15, -0.1) is 0 Å². The average molecular weight is 312 g/mol. The topological polar surface area (TPSA) is 74.3 Å². The highest BCUT2D eigenvalue weighted by molar-refractivity contribution is 7.89. The fourth-order valence-electron chi connectivity index (χ4n) is 2.61. The molecule has 0 aromatic carbocycles. The van der Waals surface area contributed by atoms with Gasteiger partial charge < -0.3 is 10.2 Å². The zero-order valence-corrected chi connectivity index (χ0v) is 13.5. The Hall–Kier alpha value is -1.18. The lowest BCUT2D eigenvalue weighted by Gasteiger charge is -2.31. The Bertz CT molecular complexity index is 554. The lowest BCUT2D eigenvalue weighted by atomic mass is 9.97. The maximum Gasteiger partial charge on any atom is 0.244 e. The van der Waals surface area contributed by atoms with Crippen molar-refractivity contribution in [3.05, 3.63) is 18.3 Å². The number of anilines is 1. The molecule has 1 fully saturated rings. The normalized spacial score (nSPS) is 17.8. The zero-order valence-electron chi connectivity index (χ0n) is 12.7. The van der Waals surface area contributed by atoms with E-state index in [1.165, 1.54) is 0 Å². The SMILES string of the molecule is CCN1CCC(CNS(=O)(=O)c2cccnc2NC)CC1. The smallest absolute Gasteiger partial charge is 0.244 e. The minimum absolute atomic E-state index is 0.207. The van der Waals surface area contributed by atoms with Crippen LogP contribution in [0.3, 0.4) is 0 Å². The molecule has 21 heavy (non-hydrogen) atoms. The van der Waals surface area contributed by atoms with Gasteiger partial charge in [-0.2, -0.15) is 0 Å². The Morgan fingerprint density at radius 2 is 2.10 bits per heavy atom. The predicted molar refractivity (Wildman–Crippen MR) is 83.8 cm³/mol. The van der Waals surface area contributed by atoms with Gasteiger partial charge in [0, 0.05) is 19.8 Å². The Morgan fingerprint density at radius 3 is 2.71 bits per heavy atom. The molecule has 1 aromatic rings. The van der Waals surface area contributed by atoms with E-state index in [0.29, 0.717) is 18.3 Å². The van der Waals surface area contributed by atoms with Gasteiger partial charge >= 0.3 is 0 Å². The quantitative estimate of drug-likeness (QED) is 0.824. The third kappa shape index (κ3) is 4.15. The number of likely N-dealkylation sites (tertiary alicyclic amines) is 1. The van der Waals surface area contributed by atoms with E-state index in [-0.39, 0.29) is 4.90 Å². The van der Waals surface area contributed by atoms with Crippen LogP contribution in [0.1, 0.15) is 19.8 Å². The molecule has 0 aliphatic carbocycles. The highest BCUT2D eigenvalue weighted by Crippen LogP contribution is 2.19. The van der Waals surface area contributed by atoms with E-state index in [4.69, 9.17) is 0 Å². The summed E-state index contributed by atoms with van der Waals surface area (Å²) in [5.74, 6) is 0.795. The zero-order chi connectivity index (χ0) is 15.3. The first-order valence-corrected chi connectivity index (χ1v) is 8.90. The number of sulfonamides is 1. The molecule has 0 atom stereocenters. The van der Waals surface area contributed by atoms with E-state index < -0.39 is 10.0 Å². The van der Waals surface area contributed by atoms with Gasteiger partial charge in [-0.1, -0.05) is 6.92 Å². The Labute approximate surface area is 127 Å². The van der Waals surface area contributed by atoms with Crippen molar-refractivity contribution < 1.29 is 8.42 Å². The minimum atomic E-state index is -3.51. The van der Waals surface area contributed by atoms with Crippen molar-refractivity contribution >= 4 is 15.8 Å². The van der Waals surface area contributed by atoms with Gasteiger partial charge in [-0.25, -0.2) is 18.1 Å². The van der Waals surface area contributed by atoms with Gasteiger partial charge in [0.25, 0.3) is 0 Å². The molecule has 1 aliphatic heterocycles. The summed E-state index contributed by atoms with van der Waals surface area (Å²) in [5, 5.41) is 2.82. The summed E-state index contributed by atoms with van der Waals surface area (Å²) in [7, 11) is -1.84. The lowest BCUT2D eigenvalue weighted by Crippen LogP contribution is -2.38. The van der Waals surface area contributed by atoms with Gasteiger partial charge in [-0.3, -0.25) is 0 Å². The van der Waals surface area contributed by atoms with Crippen molar-refractivity contribution in [2.24, 2.45) is 5.92 Å². The molecule has 1 saturated heterocycles. The molecule has 6 nitrogen and oxygen atoms in total. The fraction of sp³-hybridized carbons (Fsp3) is 0.643. The van der Waals surface area contributed by atoms with Crippen LogP contribution in [0.25, 0.3) is 0 Å². The maximum absolute atomic E-state index is 12.4. The summed E-state index contributed by atoms with van der Waals surface area (Å²) in [4.78, 5) is 6.64. The van der Waals surface area contributed by atoms with Crippen LogP contribution in [0, 0.1) is 5.92 Å². The van der Waals surface area contributed by atoms with Crippen LogP contribution < -0.4 is 10.0 Å². The molecule has 0 bridgehead atoms. The van der Waals surface area contributed by atoms with Crippen LogP contribution in [0.5, 0.6) is 0 Å². The minimum Gasteiger partial charge on any atom is -0.372 e. The largest absolute Gasteiger partial charge is 0.372 e. The molecule has 1 aliphatic rings. The second-order valence-electron chi connectivity index (χ2n) is 5.33. The summed E-state index contributed by atoms with van der Waals surface area (Å²) in [5.41, 5.74) is 0. The predicted octanol–water partition coefficient (Wildman–Crippen LogP) is 1.13. The Morgan fingerprint density at radius 1 is 1.38 bits per heavy atom. The summed E-state index contributed by atoms with van der Waals surface area (Å²) in [6, 6.07) is 3.20. The molecule has 0 amide bonds. The molecule has 0 spiro atoms. The van der Waals surface area contributed by atoms with Gasteiger partial charge in [0.15, 0.2) is 0 Å². The number of nitrogens with one attached hydrogen (secondary N) is 2. The van der Waals surface area contributed by atoms with Crippen molar-refractivity contribution in [3.63, 3.8) is 0 Å². The Kier molecular flexibility index (Phi) is 5.55. The molecule has 2 heterocycles. The van der Waals surface area contributed by atoms with Crippen LogP contribution >= 0.6 is 0 Å². The summed E-state index contributed by atoms with van der Waals surface area (Å²) < 4.78 is 27.5. The molecule has 118 valence electrons. The van der Waals surface area contributed by atoms with Crippen LogP contribution in [-0.2, 0) is 10.0 Å². The van der Waals surface area contributed by atoms with Crippen LogP contribution in [0.4, 0.5) is 5.82 Å². The number of aromatic nitrogens is 1. The second-order valence-corrected chi connectivity index (χ2v) is 7.07. The van der Waals surface area contributed by atoms with E-state index in [1.54, 1.807) is 25.4 Å². The van der Waals surface area contributed by atoms with Crippen LogP contribution in [-0.4, -0.2) is 51.5 Å². The highest BCUT2D eigenvalue weighted by atomic mass is 32.2. The molecule has 2 rings (SSSR count). The van der Waals surface area contributed by atoms with E-state index in [2.05, 4.69) is 26.8 Å². The first-order chi connectivity index (χ1) is 10.1. The van der Waals surface area contributed by atoms with Gasteiger partial charge in [-0.05, 0) is 50.5 Å². The first kappa shape index (κ1) is 16.2. The van der Waals surface area contributed by atoms with Crippen LogP contribution in [0.15, 0.2) is 23.2 Å². The molecular formula is C14H24N4O2S. The number of pyridine rings is 1. The summed E-state index contributed by atoms with van der Waals surface area (Å²) >= 11 is 0. The van der Waals surface area contributed by atoms with Gasteiger partial charge in [0.1, 0.15) is 10.7 Å². The van der Waals surface area contributed by atoms with Crippen molar-refractivity contribution in [1.29, 1.82) is 0 Å². The number of piperidine rings is 1. The molecule has 0 radical (unpaired) electrons. The molecule has 0 saturated carbocycles.